The molecular formula is C23H26N2O3. The Morgan fingerprint density at radius 1 is 1.14 bits per heavy atom. The largest absolute Gasteiger partial charge is 0.454 e. The highest BCUT2D eigenvalue weighted by molar-refractivity contribution is 6.01. The number of hydrogen-bond acceptors (Lipinski definition) is 4. The van der Waals surface area contributed by atoms with E-state index in [1.54, 1.807) is 12.3 Å². The minimum absolute atomic E-state index is 0.0174. The van der Waals surface area contributed by atoms with Crippen molar-refractivity contribution in [3.05, 3.63) is 59.8 Å². The van der Waals surface area contributed by atoms with Crippen molar-refractivity contribution in [2.24, 2.45) is 0 Å². The Labute approximate surface area is 166 Å². The SMILES string of the molecule is C/C(=C\C(=O)N(c1ccccn1)C1CCCCC1)Cc1ccc2c(c1)OCO2. The molecule has 1 aromatic heterocycles. The number of allylic oxidation sites excluding steroid dienone is 1. The van der Waals surface area contributed by atoms with Crippen LogP contribution in [0.25, 0.3) is 0 Å². The lowest BCUT2D eigenvalue weighted by Gasteiger charge is -2.33. The predicted molar refractivity (Wildman–Crippen MR) is 109 cm³/mol. The molecule has 1 aliphatic heterocycles. The van der Waals surface area contributed by atoms with Gasteiger partial charge in [0.1, 0.15) is 5.82 Å². The number of carbonyl (C=O) groups excluding carboxylic acids is 1. The van der Waals surface area contributed by atoms with Gasteiger partial charge in [-0.1, -0.05) is 37.0 Å². The molecule has 0 unspecified atom stereocenters. The highest BCUT2D eigenvalue weighted by Crippen LogP contribution is 2.33. The average molecular weight is 378 g/mol. The third-order valence-electron chi connectivity index (χ3n) is 5.36. The monoisotopic (exact) mass is 378 g/mol. The lowest BCUT2D eigenvalue weighted by Crippen LogP contribution is -2.41. The zero-order valence-electron chi connectivity index (χ0n) is 16.3. The van der Waals surface area contributed by atoms with Crippen molar-refractivity contribution >= 4 is 11.7 Å². The summed E-state index contributed by atoms with van der Waals surface area (Å²) in [7, 11) is 0. The van der Waals surface area contributed by atoms with Crippen molar-refractivity contribution in [1.29, 1.82) is 0 Å². The minimum Gasteiger partial charge on any atom is -0.454 e. The molecule has 1 saturated carbocycles. The Bertz CT molecular complexity index is 857. The lowest BCUT2D eigenvalue weighted by molar-refractivity contribution is -0.114. The van der Waals surface area contributed by atoms with Crippen LogP contribution in [0.2, 0.25) is 0 Å². The zero-order valence-corrected chi connectivity index (χ0v) is 16.3. The van der Waals surface area contributed by atoms with Crippen LogP contribution in [-0.2, 0) is 11.2 Å². The maximum atomic E-state index is 13.2. The van der Waals surface area contributed by atoms with Crippen LogP contribution in [0.3, 0.4) is 0 Å². The van der Waals surface area contributed by atoms with E-state index < -0.39 is 0 Å². The quantitative estimate of drug-likeness (QED) is 0.710. The van der Waals surface area contributed by atoms with Crippen molar-refractivity contribution < 1.29 is 14.3 Å². The number of ether oxygens (including phenoxy) is 2. The number of aromatic nitrogens is 1. The highest BCUT2D eigenvalue weighted by Gasteiger charge is 2.26. The second kappa shape index (κ2) is 8.46. The zero-order chi connectivity index (χ0) is 19.3. The summed E-state index contributed by atoms with van der Waals surface area (Å²) in [4.78, 5) is 19.5. The van der Waals surface area contributed by atoms with Crippen LogP contribution in [0.4, 0.5) is 5.82 Å². The van der Waals surface area contributed by atoms with E-state index in [0.29, 0.717) is 6.42 Å². The normalized spacial score (nSPS) is 16.8. The molecule has 0 bridgehead atoms. The molecule has 0 radical (unpaired) electrons. The predicted octanol–water partition coefficient (Wildman–Crippen LogP) is 4.67. The van der Waals surface area contributed by atoms with Crippen LogP contribution in [0, 0.1) is 0 Å². The standard InChI is InChI=1S/C23H26N2O3/c1-17(13-18-10-11-20-21(15-18)28-16-27-20)14-23(26)25(19-7-3-2-4-8-19)22-9-5-6-12-24-22/h5-6,9-12,14-15,19H,2-4,7-8,13,16H2,1H3/b17-14+. The summed E-state index contributed by atoms with van der Waals surface area (Å²) in [5.41, 5.74) is 2.12. The van der Waals surface area contributed by atoms with Gasteiger partial charge in [-0.2, -0.15) is 0 Å². The van der Waals surface area contributed by atoms with Crippen LogP contribution in [0.15, 0.2) is 54.2 Å². The van der Waals surface area contributed by atoms with E-state index in [0.717, 1.165) is 41.3 Å². The summed E-state index contributed by atoms with van der Waals surface area (Å²) in [5, 5.41) is 0. The number of fused-ring (bicyclic) bond motifs is 1. The average Bonchev–Trinajstić information content (AvgIpc) is 3.17. The summed E-state index contributed by atoms with van der Waals surface area (Å²) in [5.74, 6) is 2.31. The highest BCUT2D eigenvalue weighted by atomic mass is 16.7. The van der Waals surface area contributed by atoms with E-state index in [4.69, 9.17) is 9.47 Å². The first-order valence-corrected chi connectivity index (χ1v) is 10.0. The number of benzene rings is 1. The molecular weight excluding hydrogens is 352 g/mol. The fourth-order valence-electron chi connectivity index (χ4n) is 4.02. The lowest BCUT2D eigenvalue weighted by atomic mass is 9.94. The molecule has 2 heterocycles. The van der Waals surface area contributed by atoms with Gasteiger partial charge >= 0.3 is 0 Å². The van der Waals surface area contributed by atoms with Crippen molar-refractivity contribution in [1.82, 2.24) is 4.98 Å². The number of anilines is 1. The third-order valence-corrected chi connectivity index (χ3v) is 5.36. The number of pyridine rings is 1. The molecule has 5 nitrogen and oxygen atoms in total. The number of carbonyl (C=O) groups is 1. The van der Waals surface area contributed by atoms with Crippen LogP contribution in [0.1, 0.15) is 44.6 Å². The molecule has 5 heteroatoms. The molecule has 0 spiro atoms. The van der Waals surface area contributed by atoms with E-state index in [1.807, 2.05) is 48.2 Å². The second-order valence-electron chi connectivity index (χ2n) is 7.54. The fourth-order valence-corrected chi connectivity index (χ4v) is 4.02. The molecule has 2 aliphatic rings. The van der Waals surface area contributed by atoms with Gasteiger partial charge in [-0.15, -0.1) is 0 Å². The molecule has 1 amide bonds. The summed E-state index contributed by atoms with van der Waals surface area (Å²) >= 11 is 0. The van der Waals surface area contributed by atoms with Crippen LogP contribution in [-0.4, -0.2) is 23.7 Å². The van der Waals surface area contributed by atoms with E-state index in [-0.39, 0.29) is 18.7 Å². The summed E-state index contributed by atoms with van der Waals surface area (Å²) in [6, 6.07) is 11.9. The van der Waals surface area contributed by atoms with Crippen LogP contribution >= 0.6 is 0 Å². The number of rotatable bonds is 5. The minimum atomic E-state index is 0.0174. The summed E-state index contributed by atoms with van der Waals surface area (Å²) in [6.07, 6.45) is 9.87. The van der Waals surface area contributed by atoms with Crippen molar-refractivity contribution in [3.63, 3.8) is 0 Å². The Balaban J connectivity index is 1.52. The van der Waals surface area contributed by atoms with Gasteiger partial charge in [0, 0.05) is 18.3 Å². The Morgan fingerprint density at radius 3 is 2.75 bits per heavy atom. The maximum Gasteiger partial charge on any atom is 0.252 e. The summed E-state index contributed by atoms with van der Waals surface area (Å²) < 4.78 is 10.8. The summed E-state index contributed by atoms with van der Waals surface area (Å²) in [6.45, 7) is 2.27. The number of amides is 1. The van der Waals surface area contributed by atoms with Gasteiger partial charge in [-0.3, -0.25) is 9.69 Å². The fraction of sp³-hybridized carbons (Fsp3) is 0.391. The first-order chi connectivity index (χ1) is 13.7. The number of hydrogen-bond donors (Lipinski definition) is 0. The van der Waals surface area contributed by atoms with E-state index in [2.05, 4.69) is 4.98 Å². The molecule has 0 saturated heterocycles. The topological polar surface area (TPSA) is 51.7 Å². The Morgan fingerprint density at radius 2 is 1.96 bits per heavy atom. The van der Waals surface area contributed by atoms with E-state index >= 15 is 0 Å². The van der Waals surface area contributed by atoms with Gasteiger partial charge in [0.25, 0.3) is 5.91 Å². The third kappa shape index (κ3) is 4.19. The maximum absolute atomic E-state index is 13.2. The van der Waals surface area contributed by atoms with Gasteiger partial charge in [0.15, 0.2) is 11.5 Å². The van der Waals surface area contributed by atoms with Crippen LogP contribution in [0.5, 0.6) is 11.5 Å². The molecule has 146 valence electrons. The smallest absolute Gasteiger partial charge is 0.252 e. The van der Waals surface area contributed by atoms with Gasteiger partial charge in [-0.05, 0) is 56.0 Å². The molecule has 1 aliphatic carbocycles. The molecule has 0 atom stereocenters. The van der Waals surface area contributed by atoms with Crippen molar-refractivity contribution in [2.45, 2.75) is 51.5 Å². The van der Waals surface area contributed by atoms with Gasteiger partial charge < -0.3 is 9.47 Å². The first kappa shape index (κ1) is 18.5. The van der Waals surface area contributed by atoms with E-state index in [1.165, 1.54) is 19.3 Å². The molecule has 0 N–H and O–H groups in total. The van der Waals surface area contributed by atoms with Gasteiger partial charge in [0.05, 0.1) is 0 Å². The second-order valence-corrected chi connectivity index (χ2v) is 7.54. The number of nitrogens with zero attached hydrogens (tertiary/aromatic N) is 2. The Hall–Kier alpha value is -2.82. The van der Waals surface area contributed by atoms with Crippen molar-refractivity contribution in [3.8, 4) is 11.5 Å². The van der Waals surface area contributed by atoms with Gasteiger partial charge in [-0.25, -0.2) is 4.98 Å². The molecule has 1 aromatic carbocycles. The van der Waals surface area contributed by atoms with Crippen LogP contribution < -0.4 is 14.4 Å². The van der Waals surface area contributed by atoms with Gasteiger partial charge in [0.2, 0.25) is 6.79 Å². The first-order valence-electron chi connectivity index (χ1n) is 10.0. The van der Waals surface area contributed by atoms with Crippen molar-refractivity contribution in [2.75, 3.05) is 11.7 Å². The van der Waals surface area contributed by atoms with E-state index in [9.17, 15) is 4.79 Å². The molecule has 28 heavy (non-hydrogen) atoms. The molecule has 4 rings (SSSR count). The Kier molecular flexibility index (Phi) is 5.60. The molecule has 1 fully saturated rings. The molecule has 2 aromatic rings.